The molecular formula is C22H15Cl3N4O2S3. The number of sulfonamides is 1. The van der Waals surface area contributed by atoms with E-state index in [0.717, 1.165) is 0 Å². The summed E-state index contributed by atoms with van der Waals surface area (Å²) in [5.41, 5.74) is 2.27. The van der Waals surface area contributed by atoms with Gasteiger partial charge in [0.25, 0.3) is 10.0 Å². The lowest BCUT2D eigenvalue weighted by molar-refractivity contribution is 0.601. The van der Waals surface area contributed by atoms with Crippen LogP contribution in [-0.4, -0.2) is 18.5 Å². The molecule has 0 aliphatic heterocycles. The molecule has 0 aliphatic rings. The van der Waals surface area contributed by atoms with Crippen molar-refractivity contribution in [2.75, 3.05) is 15.4 Å². The molecule has 12 heteroatoms. The quantitative estimate of drug-likeness (QED) is 0.210. The number of rotatable bonds is 6. The van der Waals surface area contributed by atoms with Crippen molar-refractivity contribution in [3.8, 4) is 11.3 Å². The number of nitrogens with one attached hydrogen (secondary N) is 3. The number of thiocarbonyl (C=S) groups is 1. The van der Waals surface area contributed by atoms with E-state index in [0.29, 0.717) is 47.9 Å². The van der Waals surface area contributed by atoms with Crippen molar-refractivity contribution in [1.29, 1.82) is 0 Å². The maximum atomic E-state index is 12.8. The average molecular weight is 570 g/mol. The number of halogens is 3. The molecule has 1 heterocycles. The molecule has 3 N–H and O–H groups in total. The highest BCUT2D eigenvalue weighted by atomic mass is 35.5. The smallest absolute Gasteiger partial charge is 0.261 e. The second kappa shape index (κ2) is 10.5. The van der Waals surface area contributed by atoms with Gasteiger partial charge in [0, 0.05) is 21.7 Å². The zero-order valence-electron chi connectivity index (χ0n) is 17.1. The molecule has 174 valence electrons. The van der Waals surface area contributed by atoms with Gasteiger partial charge in [0.2, 0.25) is 0 Å². The van der Waals surface area contributed by atoms with Crippen molar-refractivity contribution >= 4 is 90.0 Å². The minimum atomic E-state index is -3.81. The standard InChI is InChI=1S/C22H15Cl3N4O2S3/c23-13-5-8-15(9-6-13)34(30,31)29-19-4-2-1-3-16(19)20-12-33-22(27-20)28-21(32)26-14-7-10-17(24)18(25)11-14/h1-12,29H,(H2,26,27,28,32). The van der Waals surface area contributed by atoms with Crippen LogP contribution < -0.4 is 15.4 Å². The Morgan fingerprint density at radius 1 is 0.912 bits per heavy atom. The first-order valence-corrected chi connectivity index (χ1v) is 13.5. The number of benzene rings is 3. The molecule has 0 spiro atoms. The van der Waals surface area contributed by atoms with Gasteiger partial charge in [-0.05, 0) is 60.7 Å². The first-order valence-electron chi connectivity index (χ1n) is 9.58. The zero-order chi connectivity index (χ0) is 24.3. The van der Waals surface area contributed by atoms with E-state index in [1.807, 2.05) is 0 Å². The highest BCUT2D eigenvalue weighted by Gasteiger charge is 2.18. The predicted molar refractivity (Wildman–Crippen MR) is 146 cm³/mol. The molecule has 0 radical (unpaired) electrons. The van der Waals surface area contributed by atoms with Crippen LogP contribution in [0.1, 0.15) is 0 Å². The Morgan fingerprint density at radius 2 is 1.65 bits per heavy atom. The molecule has 0 bridgehead atoms. The van der Waals surface area contributed by atoms with Gasteiger partial charge in [0.15, 0.2) is 10.2 Å². The van der Waals surface area contributed by atoms with Gasteiger partial charge in [0.05, 0.1) is 26.3 Å². The molecule has 4 aromatic rings. The topological polar surface area (TPSA) is 83.1 Å². The fourth-order valence-corrected chi connectivity index (χ4v) is 5.40. The molecule has 4 rings (SSSR count). The van der Waals surface area contributed by atoms with E-state index < -0.39 is 10.0 Å². The lowest BCUT2D eigenvalue weighted by Gasteiger charge is -2.12. The second-order valence-electron chi connectivity index (χ2n) is 6.85. The van der Waals surface area contributed by atoms with Gasteiger partial charge < -0.3 is 10.6 Å². The van der Waals surface area contributed by atoms with E-state index in [-0.39, 0.29) is 4.90 Å². The number of para-hydroxylation sites is 1. The molecule has 0 amide bonds. The third kappa shape index (κ3) is 5.99. The predicted octanol–water partition coefficient (Wildman–Crippen LogP) is 7.38. The van der Waals surface area contributed by atoms with Crippen LogP contribution >= 0.6 is 58.4 Å². The Labute approximate surface area is 221 Å². The number of hydrogen-bond donors (Lipinski definition) is 3. The summed E-state index contributed by atoms with van der Waals surface area (Å²) in [6.07, 6.45) is 0. The third-order valence-corrected chi connectivity index (χ3v) is 7.81. The first-order chi connectivity index (χ1) is 16.2. The van der Waals surface area contributed by atoms with Crippen LogP contribution in [0, 0.1) is 0 Å². The number of nitrogens with zero attached hydrogens (tertiary/aromatic N) is 1. The monoisotopic (exact) mass is 568 g/mol. The average Bonchev–Trinajstić information content (AvgIpc) is 3.25. The number of anilines is 3. The maximum absolute atomic E-state index is 12.8. The van der Waals surface area contributed by atoms with Crippen LogP contribution in [0.2, 0.25) is 15.1 Å². The fourth-order valence-electron chi connectivity index (χ4n) is 2.90. The van der Waals surface area contributed by atoms with Gasteiger partial charge in [-0.25, -0.2) is 13.4 Å². The van der Waals surface area contributed by atoms with Gasteiger partial charge in [-0.3, -0.25) is 4.72 Å². The highest BCUT2D eigenvalue weighted by molar-refractivity contribution is 7.92. The second-order valence-corrected chi connectivity index (χ2v) is 11.1. The molecule has 0 saturated heterocycles. The Kier molecular flexibility index (Phi) is 7.61. The summed E-state index contributed by atoms with van der Waals surface area (Å²) in [6, 6.07) is 18.0. The zero-order valence-corrected chi connectivity index (χ0v) is 21.8. The summed E-state index contributed by atoms with van der Waals surface area (Å²) in [5, 5.41) is 9.98. The van der Waals surface area contributed by atoms with Crippen molar-refractivity contribution in [3.05, 3.63) is 87.2 Å². The molecule has 0 unspecified atom stereocenters. The first kappa shape index (κ1) is 24.7. The summed E-state index contributed by atoms with van der Waals surface area (Å²) < 4.78 is 28.3. The van der Waals surface area contributed by atoms with Crippen LogP contribution in [0.5, 0.6) is 0 Å². The molecule has 0 aliphatic carbocycles. The largest absolute Gasteiger partial charge is 0.332 e. The van der Waals surface area contributed by atoms with Crippen LogP contribution in [-0.2, 0) is 10.0 Å². The van der Waals surface area contributed by atoms with Gasteiger partial charge in [-0.2, -0.15) is 0 Å². The van der Waals surface area contributed by atoms with Crippen molar-refractivity contribution in [3.63, 3.8) is 0 Å². The van der Waals surface area contributed by atoms with E-state index in [2.05, 4.69) is 20.3 Å². The summed E-state index contributed by atoms with van der Waals surface area (Å²) in [4.78, 5) is 4.65. The molecule has 34 heavy (non-hydrogen) atoms. The lowest BCUT2D eigenvalue weighted by atomic mass is 10.1. The van der Waals surface area contributed by atoms with Crippen molar-refractivity contribution in [2.24, 2.45) is 0 Å². The number of aromatic nitrogens is 1. The van der Waals surface area contributed by atoms with Crippen LogP contribution in [0.4, 0.5) is 16.5 Å². The number of hydrogen-bond acceptors (Lipinski definition) is 5. The Hall–Kier alpha value is -2.40. The van der Waals surface area contributed by atoms with Crippen LogP contribution in [0.25, 0.3) is 11.3 Å². The molecule has 6 nitrogen and oxygen atoms in total. The fraction of sp³-hybridized carbons (Fsp3) is 0. The van der Waals surface area contributed by atoms with Gasteiger partial charge >= 0.3 is 0 Å². The normalized spacial score (nSPS) is 11.1. The lowest BCUT2D eigenvalue weighted by Crippen LogP contribution is -2.18. The SMILES string of the molecule is O=S(=O)(Nc1ccccc1-c1csc(NC(=S)Nc2ccc(Cl)c(Cl)c2)n1)c1ccc(Cl)cc1. The van der Waals surface area contributed by atoms with Gasteiger partial charge in [-0.15, -0.1) is 11.3 Å². The van der Waals surface area contributed by atoms with Crippen molar-refractivity contribution in [2.45, 2.75) is 4.90 Å². The van der Waals surface area contributed by atoms with Crippen LogP contribution in [0.3, 0.4) is 0 Å². The van der Waals surface area contributed by atoms with Crippen molar-refractivity contribution in [1.82, 2.24) is 4.98 Å². The van der Waals surface area contributed by atoms with Crippen LogP contribution in [0.15, 0.2) is 77.0 Å². The number of thiazole rings is 1. The third-order valence-electron chi connectivity index (χ3n) is 4.47. The van der Waals surface area contributed by atoms with E-state index >= 15 is 0 Å². The van der Waals surface area contributed by atoms with E-state index in [1.54, 1.807) is 47.8 Å². The van der Waals surface area contributed by atoms with E-state index in [9.17, 15) is 8.42 Å². The molecule has 0 fully saturated rings. The maximum Gasteiger partial charge on any atom is 0.261 e. The summed E-state index contributed by atoms with van der Waals surface area (Å²) >= 11 is 24.5. The summed E-state index contributed by atoms with van der Waals surface area (Å²) in [7, 11) is -3.81. The molecule has 3 aromatic carbocycles. The molecule has 1 aromatic heterocycles. The molecule has 0 saturated carbocycles. The van der Waals surface area contributed by atoms with Gasteiger partial charge in [-0.1, -0.05) is 53.0 Å². The summed E-state index contributed by atoms with van der Waals surface area (Å²) in [6.45, 7) is 0. The van der Waals surface area contributed by atoms with E-state index in [1.165, 1.54) is 35.6 Å². The minimum absolute atomic E-state index is 0.103. The summed E-state index contributed by atoms with van der Waals surface area (Å²) in [5.74, 6) is 0. The van der Waals surface area contributed by atoms with Crippen molar-refractivity contribution < 1.29 is 8.42 Å². The minimum Gasteiger partial charge on any atom is -0.332 e. The Balaban J connectivity index is 1.51. The van der Waals surface area contributed by atoms with Gasteiger partial charge in [0.1, 0.15) is 0 Å². The Morgan fingerprint density at radius 3 is 2.38 bits per heavy atom. The highest BCUT2D eigenvalue weighted by Crippen LogP contribution is 2.32. The van der Waals surface area contributed by atoms with E-state index in [4.69, 9.17) is 47.0 Å². The molecular weight excluding hydrogens is 555 g/mol. The Bertz CT molecular complexity index is 1460. The molecule has 0 atom stereocenters.